The maximum atomic E-state index is 10.9. The number of thiophene rings is 1. The third kappa shape index (κ3) is 2.37. The van der Waals surface area contributed by atoms with Gasteiger partial charge in [-0.15, -0.1) is 11.3 Å². The predicted molar refractivity (Wildman–Crippen MR) is 68.8 cm³/mol. The quantitative estimate of drug-likeness (QED) is 0.685. The van der Waals surface area contributed by atoms with Crippen LogP contribution in [0.15, 0.2) is 24.3 Å². The van der Waals surface area contributed by atoms with Crippen molar-refractivity contribution >= 4 is 34.4 Å². The Balaban J connectivity index is 2.60. The van der Waals surface area contributed by atoms with E-state index >= 15 is 0 Å². The number of nitro groups is 1. The molecule has 5 nitrogen and oxygen atoms in total. The van der Waals surface area contributed by atoms with Gasteiger partial charge in [-0.1, -0.05) is 11.6 Å². The Bertz CT molecular complexity index is 570. The van der Waals surface area contributed by atoms with Crippen molar-refractivity contribution in [1.29, 1.82) is 0 Å². The van der Waals surface area contributed by atoms with Gasteiger partial charge in [-0.05, 0) is 18.2 Å². The number of hydrogen-bond acceptors (Lipinski definition) is 5. The van der Waals surface area contributed by atoms with E-state index < -0.39 is 4.92 Å². The molecule has 0 fully saturated rings. The summed E-state index contributed by atoms with van der Waals surface area (Å²) in [6.07, 6.45) is 0. The molecule has 0 unspecified atom stereocenters. The van der Waals surface area contributed by atoms with E-state index in [4.69, 9.17) is 11.6 Å². The van der Waals surface area contributed by atoms with Gasteiger partial charge in [-0.3, -0.25) is 10.1 Å². The molecule has 0 aliphatic heterocycles. The zero-order chi connectivity index (χ0) is 12.4. The second-order valence-electron chi connectivity index (χ2n) is 3.18. The molecule has 0 aromatic carbocycles. The van der Waals surface area contributed by atoms with Gasteiger partial charge in [-0.2, -0.15) is 0 Å². The van der Waals surface area contributed by atoms with Gasteiger partial charge in [0.15, 0.2) is 5.69 Å². The molecular weight excluding hydrogens is 262 g/mol. The molecule has 7 heteroatoms. The van der Waals surface area contributed by atoms with Crippen LogP contribution in [0, 0.1) is 10.1 Å². The molecule has 2 aromatic heterocycles. The van der Waals surface area contributed by atoms with Crippen molar-refractivity contribution in [2.45, 2.75) is 0 Å². The average Bonchev–Trinajstić information content (AvgIpc) is 2.75. The molecule has 0 aliphatic rings. The summed E-state index contributed by atoms with van der Waals surface area (Å²) in [6, 6.07) is 6.42. The third-order valence-electron chi connectivity index (χ3n) is 2.13. The molecule has 17 heavy (non-hydrogen) atoms. The molecule has 0 radical (unpaired) electrons. The number of halogens is 1. The first-order chi connectivity index (χ1) is 8.11. The summed E-state index contributed by atoms with van der Waals surface area (Å²) in [5, 5.41) is 13.8. The lowest BCUT2D eigenvalue weighted by atomic mass is 10.2. The fraction of sp³-hybridized carbons (Fsp3) is 0.100. The molecule has 0 atom stereocenters. The van der Waals surface area contributed by atoms with Crippen LogP contribution >= 0.6 is 22.9 Å². The Kier molecular flexibility index (Phi) is 3.26. The lowest BCUT2D eigenvalue weighted by Crippen LogP contribution is -1.97. The van der Waals surface area contributed by atoms with Crippen molar-refractivity contribution in [2.75, 3.05) is 12.4 Å². The number of hydrogen-bond donors (Lipinski definition) is 1. The Morgan fingerprint density at radius 1 is 1.41 bits per heavy atom. The van der Waals surface area contributed by atoms with Gasteiger partial charge in [0.05, 0.1) is 14.1 Å². The van der Waals surface area contributed by atoms with Crippen LogP contribution in [0.2, 0.25) is 4.34 Å². The molecule has 0 saturated carbocycles. The number of rotatable bonds is 3. The van der Waals surface area contributed by atoms with Gasteiger partial charge in [-0.25, -0.2) is 4.98 Å². The SMILES string of the molecule is CNc1ccc([N+](=O)[O-])c(-c2ccc(Cl)s2)n1. The highest BCUT2D eigenvalue weighted by Gasteiger charge is 2.18. The van der Waals surface area contributed by atoms with E-state index in [0.29, 0.717) is 20.7 Å². The topological polar surface area (TPSA) is 68.1 Å². The molecule has 0 spiro atoms. The first-order valence-corrected chi connectivity index (χ1v) is 5.90. The molecular formula is C10H8ClN3O2S. The van der Waals surface area contributed by atoms with Crippen LogP contribution < -0.4 is 5.32 Å². The molecule has 0 saturated heterocycles. The van der Waals surface area contributed by atoms with Gasteiger partial charge in [0.2, 0.25) is 0 Å². The maximum Gasteiger partial charge on any atom is 0.296 e. The van der Waals surface area contributed by atoms with Crippen LogP contribution in [0.5, 0.6) is 0 Å². The summed E-state index contributed by atoms with van der Waals surface area (Å²) in [5.41, 5.74) is 0.307. The lowest BCUT2D eigenvalue weighted by molar-refractivity contribution is -0.384. The van der Waals surface area contributed by atoms with E-state index in [1.54, 1.807) is 25.2 Å². The minimum absolute atomic E-state index is 0.0254. The van der Waals surface area contributed by atoms with Crippen molar-refractivity contribution in [3.8, 4) is 10.6 Å². The number of pyridine rings is 1. The fourth-order valence-corrected chi connectivity index (χ4v) is 2.40. The Morgan fingerprint density at radius 2 is 2.18 bits per heavy atom. The largest absolute Gasteiger partial charge is 0.373 e. The second kappa shape index (κ2) is 4.68. The van der Waals surface area contributed by atoms with Crippen LogP contribution in [0.4, 0.5) is 11.5 Å². The second-order valence-corrected chi connectivity index (χ2v) is 4.89. The van der Waals surface area contributed by atoms with Crippen molar-refractivity contribution < 1.29 is 4.92 Å². The first-order valence-electron chi connectivity index (χ1n) is 4.70. The maximum absolute atomic E-state index is 10.9. The summed E-state index contributed by atoms with van der Waals surface area (Å²) >= 11 is 7.08. The third-order valence-corrected chi connectivity index (χ3v) is 3.37. The van der Waals surface area contributed by atoms with Crippen LogP contribution in [-0.2, 0) is 0 Å². The van der Waals surface area contributed by atoms with Crippen LogP contribution in [0.1, 0.15) is 0 Å². The highest BCUT2D eigenvalue weighted by atomic mass is 35.5. The molecule has 2 rings (SSSR count). The van der Waals surface area contributed by atoms with Crippen molar-refractivity contribution in [3.05, 3.63) is 38.7 Å². The fourth-order valence-electron chi connectivity index (χ4n) is 1.36. The summed E-state index contributed by atoms with van der Waals surface area (Å²) in [6.45, 7) is 0. The summed E-state index contributed by atoms with van der Waals surface area (Å²) in [5.74, 6) is 0.579. The Labute approximate surface area is 106 Å². The number of nitrogens with one attached hydrogen (secondary N) is 1. The summed E-state index contributed by atoms with van der Waals surface area (Å²) in [7, 11) is 1.71. The Hall–Kier alpha value is -1.66. The van der Waals surface area contributed by atoms with Gasteiger partial charge in [0.25, 0.3) is 5.69 Å². The monoisotopic (exact) mass is 269 g/mol. The molecule has 0 amide bonds. The molecule has 88 valence electrons. The lowest BCUT2D eigenvalue weighted by Gasteiger charge is -2.03. The molecule has 2 aromatic rings. The van der Waals surface area contributed by atoms with Crippen molar-refractivity contribution in [1.82, 2.24) is 4.98 Å². The van der Waals surface area contributed by atoms with Crippen LogP contribution in [0.25, 0.3) is 10.6 Å². The van der Waals surface area contributed by atoms with Crippen LogP contribution in [0.3, 0.4) is 0 Å². The van der Waals surface area contributed by atoms with Gasteiger partial charge < -0.3 is 5.32 Å². The molecule has 0 aliphatic carbocycles. The summed E-state index contributed by atoms with van der Waals surface area (Å²) in [4.78, 5) is 15.3. The highest BCUT2D eigenvalue weighted by molar-refractivity contribution is 7.19. The van der Waals surface area contributed by atoms with Gasteiger partial charge in [0.1, 0.15) is 5.82 Å². The van der Waals surface area contributed by atoms with Gasteiger partial charge in [0, 0.05) is 13.1 Å². The van der Waals surface area contributed by atoms with E-state index in [9.17, 15) is 10.1 Å². The van der Waals surface area contributed by atoms with Crippen molar-refractivity contribution in [3.63, 3.8) is 0 Å². The molecule has 2 heterocycles. The smallest absolute Gasteiger partial charge is 0.296 e. The standard InChI is InChI=1S/C10H8ClN3O2S/c1-12-9-5-2-6(14(15)16)10(13-9)7-3-4-8(11)17-7/h2-5H,1H3,(H,12,13). The molecule has 1 N–H and O–H groups in total. The zero-order valence-corrected chi connectivity index (χ0v) is 10.4. The van der Waals surface area contributed by atoms with E-state index in [1.165, 1.54) is 17.4 Å². The number of anilines is 1. The van der Waals surface area contributed by atoms with E-state index in [2.05, 4.69) is 10.3 Å². The van der Waals surface area contributed by atoms with E-state index in [1.807, 2.05) is 0 Å². The summed E-state index contributed by atoms with van der Waals surface area (Å²) < 4.78 is 0.575. The first kappa shape index (κ1) is 11.8. The zero-order valence-electron chi connectivity index (χ0n) is 8.81. The normalized spacial score (nSPS) is 10.2. The minimum atomic E-state index is -0.449. The minimum Gasteiger partial charge on any atom is -0.373 e. The Morgan fingerprint density at radius 3 is 2.71 bits per heavy atom. The van der Waals surface area contributed by atoms with Crippen molar-refractivity contribution in [2.24, 2.45) is 0 Å². The van der Waals surface area contributed by atoms with Crippen LogP contribution in [-0.4, -0.2) is 17.0 Å². The highest BCUT2D eigenvalue weighted by Crippen LogP contribution is 2.35. The predicted octanol–water partition coefficient (Wildman–Crippen LogP) is 3.41. The van der Waals surface area contributed by atoms with Gasteiger partial charge >= 0.3 is 0 Å². The van der Waals surface area contributed by atoms with E-state index in [-0.39, 0.29) is 5.69 Å². The average molecular weight is 270 g/mol. The number of nitrogens with zero attached hydrogens (tertiary/aromatic N) is 2. The molecule has 0 bridgehead atoms. The van der Waals surface area contributed by atoms with E-state index in [0.717, 1.165) is 0 Å². The number of aromatic nitrogens is 1.